The summed E-state index contributed by atoms with van der Waals surface area (Å²) in [6, 6.07) is 0.529. The fourth-order valence-corrected chi connectivity index (χ4v) is 1.83. The second kappa shape index (κ2) is 6.33. The van der Waals surface area contributed by atoms with E-state index in [0.29, 0.717) is 32.2 Å². The van der Waals surface area contributed by atoms with Gasteiger partial charge in [0.25, 0.3) is 0 Å². The summed E-state index contributed by atoms with van der Waals surface area (Å²) in [5.41, 5.74) is -0.894. The van der Waals surface area contributed by atoms with Gasteiger partial charge < -0.3 is 4.74 Å². The van der Waals surface area contributed by atoms with Gasteiger partial charge in [0.05, 0.1) is 6.61 Å². The molecule has 0 amide bonds. The Hall–Kier alpha value is -0.650. The largest absolute Gasteiger partial charge is 0.375 e. The Morgan fingerprint density at radius 1 is 1.35 bits per heavy atom. The van der Waals surface area contributed by atoms with Crippen LogP contribution in [0, 0.1) is 0 Å². The van der Waals surface area contributed by atoms with Crippen LogP contribution in [0.4, 0.5) is 0 Å². The van der Waals surface area contributed by atoms with Crippen LogP contribution in [0.3, 0.4) is 0 Å². The van der Waals surface area contributed by atoms with Crippen LogP contribution >= 0.6 is 0 Å². The molecule has 17 heavy (non-hydrogen) atoms. The molecule has 0 saturated carbocycles. The topological polar surface area (TPSA) is 47.8 Å². The number of rotatable bonds is 8. The molecule has 5 nitrogen and oxygen atoms in total. The molecule has 1 saturated heterocycles. The van der Waals surface area contributed by atoms with Gasteiger partial charge in [0.2, 0.25) is 0 Å². The van der Waals surface area contributed by atoms with Crippen LogP contribution in [0.2, 0.25) is 0 Å². The molecule has 3 atom stereocenters. The highest BCUT2D eigenvalue weighted by molar-refractivity contribution is 5.79. The standard InChI is InChI=1S/C12H23NO4/c1-5-12(15-6-2,9-13-8-10(13)4)11(14)17-16-7-3/h10H,5-9H2,1-4H3. The van der Waals surface area contributed by atoms with Gasteiger partial charge in [-0.2, -0.15) is 4.89 Å². The predicted octanol–water partition coefficient (Wildman–Crippen LogP) is 1.37. The second-order valence-electron chi connectivity index (χ2n) is 4.34. The zero-order chi connectivity index (χ0) is 12.9. The molecule has 100 valence electrons. The molecular formula is C12H23NO4. The molecule has 3 unspecified atom stereocenters. The third kappa shape index (κ3) is 3.66. The number of hydrogen-bond acceptors (Lipinski definition) is 5. The van der Waals surface area contributed by atoms with Crippen molar-refractivity contribution in [3.63, 3.8) is 0 Å². The Morgan fingerprint density at radius 2 is 2.00 bits per heavy atom. The molecule has 1 rings (SSSR count). The fourth-order valence-electron chi connectivity index (χ4n) is 1.83. The minimum Gasteiger partial charge on any atom is -0.362 e. The van der Waals surface area contributed by atoms with Gasteiger partial charge >= 0.3 is 5.97 Å². The highest BCUT2D eigenvalue weighted by Crippen LogP contribution is 2.26. The first kappa shape index (κ1) is 14.4. The highest BCUT2D eigenvalue weighted by atomic mass is 17.2. The maximum Gasteiger partial charge on any atom is 0.375 e. The van der Waals surface area contributed by atoms with Crippen molar-refractivity contribution in [2.24, 2.45) is 0 Å². The van der Waals surface area contributed by atoms with Gasteiger partial charge in [-0.15, -0.1) is 0 Å². The summed E-state index contributed by atoms with van der Waals surface area (Å²) in [7, 11) is 0. The van der Waals surface area contributed by atoms with E-state index in [9.17, 15) is 4.79 Å². The molecule has 1 fully saturated rings. The molecule has 1 heterocycles. The first-order valence-electron chi connectivity index (χ1n) is 6.31. The lowest BCUT2D eigenvalue weighted by Gasteiger charge is -2.29. The van der Waals surface area contributed by atoms with Crippen LogP contribution in [0.1, 0.15) is 34.1 Å². The van der Waals surface area contributed by atoms with Crippen LogP contribution < -0.4 is 0 Å². The maximum absolute atomic E-state index is 12.0. The summed E-state index contributed by atoms with van der Waals surface area (Å²) in [5, 5.41) is 0. The lowest BCUT2D eigenvalue weighted by Crippen LogP contribution is -2.48. The van der Waals surface area contributed by atoms with Crippen molar-refractivity contribution < 1.29 is 19.3 Å². The molecule has 0 N–H and O–H groups in total. The van der Waals surface area contributed by atoms with Crippen LogP contribution in [0.5, 0.6) is 0 Å². The average molecular weight is 245 g/mol. The van der Waals surface area contributed by atoms with Crippen molar-refractivity contribution in [1.82, 2.24) is 4.90 Å². The first-order valence-corrected chi connectivity index (χ1v) is 6.31. The van der Waals surface area contributed by atoms with E-state index in [1.165, 1.54) is 0 Å². The molecule has 0 aliphatic carbocycles. The minimum atomic E-state index is -0.894. The van der Waals surface area contributed by atoms with Gasteiger partial charge in [-0.1, -0.05) is 6.92 Å². The number of ether oxygens (including phenoxy) is 1. The molecule has 0 radical (unpaired) electrons. The summed E-state index contributed by atoms with van der Waals surface area (Å²) >= 11 is 0. The van der Waals surface area contributed by atoms with Gasteiger partial charge in [0, 0.05) is 25.7 Å². The van der Waals surface area contributed by atoms with Crippen molar-refractivity contribution in [2.45, 2.75) is 45.8 Å². The predicted molar refractivity (Wildman–Crippen MR) is 63.4 cm³/mol. The van der Waals surface area contributed by atoms with Crippen LogP contribution in [0.25, 0.3) is 0 Å². The molecule has 0 aromatic carbocycles. The summed E-state index contributed by atoms with van der Waals surface area (Å²) in [5.74, 6) is -0.428. The second-order valence-corrected chi connectivity index (χ2v) is 4.34. The van der Waals surface area contributed by atoms with E-state index in [2.05, 4.69) is 11.8 Å². The lowest BCUT2D eigenvalue weighted by atomic mass is 10.0. The monoisotopic (exact) mass is 245 g/mol. The lowest BCUT2D eigenvalue weighted by molar-refractivity contribution is -0.286. The van der Waals surface area contributed by atoms with E-state index in [1.807, 2.05) is 13.8 Å². The number of hydrogen-bond donors (Lipinski definition) is 0. The summed E-state index contributed by atoms with van der Waals surface area (Å²) < 4.78 is 5.64. The van der Waals surface area contributed by atoms with Crippen molar-refractivity contribution in [1.29, 1.82) is 0 Å². The zero-order valence-electron chi connectivity index (χ0n) is 11.2. The molecule has 1 aliphatic rings. The smallest absolute Gasteiger partial charge is 0.362 e. The summed E-state index contributed by atoms with van der Waals surface area (Å²) in [6.07, 6.45) is 0.579. The zero-order valence-corrected chi connectivity index (χ0v) is 11.2. The van der Waals surface area contributed by atoms with E-state index in [0.717, 1.165) is 6.54 Å². The van der Waals surface area contributed by atoms with Gasteiger partial charge in [-0.25, -0.2) is 4.79 Å². The number of carbonyl (C=O) groups is 1. The Balaban J connectivity index is 2.64. The van der Waals surface area contributed by atoms with Crippen LogP contribution in [0.15, 0.2) is 0 Å². The van der Waals surface area contributed by atoms with Crippen molar-refractivity contribution in [2.75, 3.05) is 26.3 Å². The number of nitrogens with zero attached hydrogens (tertiary/aromatic N) is 1. The maximum atomic E-state index is 12.0. The van der Waals surface area contributed by atoms with E-state index in [4.69, 9.17) is 14.5 Å². The van der Waals surface area contributed by atoms with Gasteiger partial charge in [-0.3, -0.25) is 9.79 Å². The molecule has 0 aromatic heterocycles. The summed E-state index contributed by atoms with van der Waals surface area (Å²) in [4.78, 5) is 23.7. The average Bonchev–Trinajstić information content (AvgIpc) is 3.00. The number of carbonyl (C=O) groups excluding carboxylic acids is 1. The Kier molecular flexibility index (Phi) is 5.36. The van der Waals surface area contributed by atoms with E-state index in [1.54, 1.807) is 6.92 Å². The van der Waals surface area contributed by atoms with Gasteiger partial charge in [-0.05, 0) is 27.2 Å². The van der Waals surface area contributed by atoms with Crippen molar-refractivity contribution in [3.05, 3.63) is 0 Å². The molecular weight excluding hydrogens is 222 g/mol. The van der Waals surface area contributed by atoms with Crippen molar-refractivity contribution >= 4 is 5.97 Å². The summed E-state index contributed by atoms with van der Waals surface area (Å²) in [6.45, 7) is 10.1. The highest BCUT2D eigenvalue weighted by Gasteiger charge is 2.46. The molecule has 0 aromatic rings. The SMILES string of the molecule is CCOOC(=O)C(CC)(CN1CC1C)OCC. The van der Waals surface area contributed by atoms with E-state index in [-0.39, 0.29) is 0 Å². The molecule has 0 bridgehead atoms. The quantitative estimate of drug-likeness (QED) is 0.367. The Labute approximate surface area is 103 Å². The molecule has 0 spiro atoms. The van der Waals surface area contributed by atoms with Gasteiger partial charge in [0.15, 0.2) is 5.60 Å². The van der Waals surface area contributed by atoms with Gasteiger partial charge in [0.1, 0.15) is 0 Å². The third-order valence-electron chi connectivity index (χ3n) is 3.06. The molecule has 5 heteroatoms. The van der Waals surface area contributed by atoms with E-state index < -0.39 is 11.6 Å². The van der Waals surface area contributed by atoms with Crippen LogP contribution in [-0.4, -0.2) is 48.8 Å². The minimum absolute atomic E-state index is 0.345. The molecule has 1 aliphatic heterocycles. The van der Waals surface area contributed by atoms with Crippen molar-refractivity contribution in [3.8, 4) is 0 Å². The Bertz CT molecular complexity index is 259. The van der Waals surface area contributed by atoms with Crippen LogP contribution in [-0.2, 0) is 19.3 Å². The third-order valence-corrected chi connectivity index (χ3v) is 3.06. The Morgan fingerprint density at radius 3 is 2.41 bits per heavy atom. The van der Waals surface area contributed by atoms with E-state index >= 15 is 0 Å². The fraction of sp³-hybridized carbons (Fsp3) is 0.917. The first-order chi connectivity index (χ1) is 8.09. The normalized spacial score (nSPS) is 26.4.